The molecular weight excluding hydrogens is 328 g/mol. The van der Waals surface area contributed by atoms with Gasteiger partial charge < -0.3 is 10.4 Å². The van der Waals surface area contributed by atoms with E-state index in [0.717, 1.165) is 11.3 Å². The lowest BCUT2D eigenvalue weighted by atomic mass is 10.2. The molecule has 0 spiro atoms. The number of benzene rings is 2. The number of phenols is 1. The van der Waals surface area contributed by atoms with E-state index in [1.807, 2.05) is 18.2 Å². The number of hydrogen-bond acceptors (Lipinski definition) is 3. The lowest BCUT2D eigenvalue weighted by molar-refractivity contribution is 0.465. The van der Waals surface area contributed by atoms with Crippen LogP contribution < -0.4 is 5.32 Å². The summed E-state index contributed by atoms with van der Waals surface area (Å²) in [5.74, 6) is 0.212. The Bertz CT molecular complexity index is 652. The van der Waals surface area contributed by atoms with Gasteiger partial charge in [0, 0.05) is 17.8 Å². The molecule has 0 fully saturated rings. The topological polar surface area (TPSA) is 56.0 Å². The zero-order chi connectivity index (χ0) is 13.8. The molecule has 0 saturated heterocycles. The maximum atomic E-state index is 9.86. The molecule has 96 valence electrons. The lowest BCUT2D eigenvalue weighted by Crippen LogP contribution is -2.00. The Balaban J connectivity index is 2.15. The van der Waals surface area contributed by atoms with Gasteiger partial charge in [0.1, 0.15) is 11.8 Å². The minimum atomic E-state index is 0.212. The summed E-state index contributed by atoms with van der Waals surface area (Å²) in [6, 6.07) is 12.6. The Morgan fingerprint density at radius 1 is 1.32 bits per heavy atom. The van der Waals surface area contributed by atoms with Gasteiger partial charge in [-0.15, -0.1) is 0 Å². The summed E-state index contributed by atoms with van der Waals surface area (Å²) in [6.07, 6.45) is 0. The Kier molecular flexibility index (Phi) is 4.31. The van der Waals surface area contributed by atoms with Crippen molar-refractivity contribution in [3.05, 3.63) is 57.0 Å². The first kappa shape index (κ1) is 13.7. The van der Waals surface area contributed by atoms with Crippen molar-refractivity contribution in [2.45, 2.75) is 6.54 Å². The standard InChI is InChI=1S/C14H10BrClN2O/c15-12-3-1-2-9(14(12)19)8-18-11-4-5-13(16)10(6-11)7-17/h1-6,18-19H,8H2. The Labute approximate surface area is 124 Å². The molecule has 0 aliphatic carbocycles. The zero-order valence-corrected chi connectivity index (χ0v) is 12.2. The first-order valence-electron chi connectivity index (χ1n) is 5.51. The highest BCUT2D eigenvalue weighted by molar-refractivity contribution is 9.10. The molecular formula is C14H10BrClN2O. The van der Waals surface area contributed by atoms with E-state index in [4.69, 9.17) is 16.9 Å². The number of nitrogens with zero attached hydrogens (tertiary/aromatic N) is 1. The predicted molar refractivity (Wildman–Crippen MR) is 79.3 cm³/mol. The fraction of sp³-hybridized carbons (Fsp3) is 0.0714. The smallest absolute Gasteiger partial charge is 0.134 e. The molecule has 2 aromatic carbocycles. The van der Waals surface area contributed by atoms with Gasteiger partial charge in [0.25, 0.3) is 0 Å². The van der Waals surface area contributed by atoms with E-state index in [1.54, 1.807) is 24.3 Å². The van der Waals surface area contributed by atoms with Gasteiger partial charge >= 0.3 is 0 Å². The highest BCUT2D eigenvalue weighted by atomic mass is 79.9. The van der Waals surface area contributed by atoms with E-state index in [1.165, 1.54) is 0 Å². The van der Waals surface area contributed by atoms with Gasteiger partial charge in [-0.2, -0.15) is 5.26 Å². The summed E-state index contributed by atoms with van der Waals surface area (Å²) in [5.41, 5.74) is 1.97. The van der Waals surface area contributed by atoms with E-state index >= 15 is 0 Å². The van der Waals surface area contributed by atoms with Crippen LogP contribution >= 0.6 is 27.5 Å². The maximum Gasteiger partial charge on any atom is 0.134 e. The van der Waals surface area contributed by atoms with Crippen LogP contribution in [0, 0.1) is 11.3 Å². The fourth-order valence-electron chi connectivity index (χ4n) is 1.62. The molecule has 0 amide bonds. The molecule has 19 heavy (non-hydrogen) atoms. The first-order chi connectivity index (χ1) is 9.11. The van der Waals surface area contributed by atoms with Crippen molar-refractivity contribution >= 4 is 33.2 Å². The second kappa shape index (κ2) is 5.96. The summed E-state index contributed by atoms with van der Waals surface area (Å²) in [5, 5.41) is 22.3. The molecule has 2 aromatic rings. The first-order valence-corrected chi connectivity index (χ1v) is 6.69. The average molecular weight is 338 g/mol. The molecule has 2 rings (SSSR count). The zero-order valence-electron chi connectivity index (χ0n) is 9.82. The fourth-order valence-corrected chi connectivity index (χ4v) is 2.19. The van der Waals surface area contributed by atoms with E-state index in [-0.39, 0.29) is 5.75 Å². The number of nitriles is 1. The summed E-state index contributed by atoms with van der Waals surface area (Å²) in [4.78, 5) is 0. The molecule has 5 heteroatoms. The van der Waals surface area contributed by atoms with Gasteiger partial charge in [0.15, 0.2) is 0 Å². The highest BCUT2D eigenvalue weighted by Crippen LogP contribution is 2.28. The second-order valence-corrected chi connectivity index (χ2v) is 5.17. The van der Waals surface area contributed by atoms with E-state index in [2.05, 4.69) is 21.2 Å². The molecule has 0 radical (unpaired) electrons. The molecule has 0 aliphatic rings. The average Bonchev–Trinajstić information content (AvgIpc) is 2.42. The quantitative estimate of drug-likeness (QED) is 0.878. The molecule has 0 aliphatic heterocycles. The van der Waals surface area contributed by atoms with Crippen LogP contribution in [0.4, 0.5) is 5.69 Å². The molecule has 0 heterocycles. The van der Waals surface area contributed by atoms with Crippen LogP contribution in [-0.2, 0) is 6.54 Å². The van der Waals surface area contributed by atoms with Crippen LogP contribution in [0.15, 0.2) is 40.9 Å². The summed E-state index contributed by atoms with van der Waals surface area (Å²) < 4.78 is 0.653. The normalized spacial score (nSPS) is 9.95. The number of phenolic OH excluding ortho intramolecular Hbond substituents is 1. The van der Waals surface area contributed by atoms with Crippen LogP contribution in [0.5, 0.6) is 5.75 Å². The van der Waals surface area contributed by atoms with Crippen molar-refractivity contribution in [1.29, 1.82) is 5.26 Å². The molecule has 0 aromatic heterocycles. The molecule has 0 bridgehead atoms. The van der Waals surface area contributed by atoms with Crippen molar-refractivity contribution in [2.75, 3.05) is 5.32 Å². The van der Waals surface area contributed by atoms with Crippen LogP contribution in [0.2, 0.25) is 5.02 Å². The minimum Gasteiger partial charge on any atom is -0.506 e. The second-order valence-electron chi connectivity index (χ2n) is 3.91. The van der Waals surface area contributed by atoms with Crippen LogP contribution in [0.25, 0.3) is 0 Å². The number of rotatable bonds is 3. The van der Waals surface area contributed by atoms with E-state index < -0.39 is 0 Å². The molecule has 0 atom stereocenters. The van der Waals surface area contributed by atoms with Crippen LogP contribution in [0.1, 0.15) is 11.1 Å². The molecule has 0 saturated carbocycles. The monoisotopic (exact) mass is 336 g/mol. The Hall–Kier alpha value is -1.70. The van der Waals surface area contributed by atoms with Crippen molar-refractivity contribution in [3.8, 4) is 11.8 Å². The Morgan fingerprint density at radius 2 is 2.11 bits per heavy atom. The van der Waals surface area contributed by atoms with Gasteiger partial charge in [0.2, 0.25) is 0 Å². The molecule has 3 nitrogen and oxygen atoms in total. The molecule has 2 N–H and O–H groups in total. The van der Waals surface area contributed by atoms with Gasteiger partial charge in [-0.25, -0.2) is 0 Å². The maximum absolute atomic E-state index is 9.86. The number of para-hydroxylation sites is 1. The third-order valence-corrected chi connectivity index (χ3v) is 3.61. The van der Waals surface area contributed by atoms with Gasteiger partial charge in [-0.3, -0.25) is 0 Å². The minimum absolute atomic E-state index is 0.212. The van der Waals surface area contributed by atoms with E-state index in [0.29, 0.717) is 21.6 Å². The summed E-state index contributed by atoms with van der Waals surface area (Å²) in [6.45, 7) is 0.456. The van der Waals surface area contributed by atoms with Crippen LogP contribution in [0.3, 0.4) is 0 Å². The third-order valence-electron chi connectivity index (χ3n) is 2.64. The number of hydrogen-bond donors (Lipinski definition) is 2. The summed E-state index contributed by atoms with van der Waals surface area (Å²) in [7, 11) is 0. The summed E-state index contributed by atoms with van der Waals surface area (Å²) >= 11 is 9.13. The predicted octanol–water partition coefficient (Wildman–Crippen LogP) is 4.29. The van der Waals surface area contributed by atoms with Gasteiger partial charge in [-0.05, 0) is 40.2 Å². The number of anilines is 1. The van der Waals surface area contributed by atoms with E-state index in [9.17, 15) is 5.11 Å². The van der Waals surface area contributed by atoms with Gasteiger partial charge in [-0.1, -0.05) is 23.7 Å². The SMILES string of the molecule is N#Cc1cc(NCc2cccc(Br)c2O)ccc1Cl. The lowest BCUT2D eigenvalue weighted by Gasteiger charge is -2.09. The molecule has 0 unspecified atom stereocenters. The van der Waals surface area contributed by atoms with Crippen molar-refractivity contribution < 1.29 is 5.11 Å². The number of aromatic hydroxyl groups is 1. The number of nitrogens with one attached hydrogen (secondary N) is 1. The van der Waals surface area contributed by atoms with Gasteiger partial charge in [0.05, 0.1) is 15.1 Å². The van der Waals surface area contributed by atoms with Crippen molar-refractivity contribution in [1.82, 2.24) is 0 Å². The highest BCUT2D eigenvalue weighted by Gasteiger charge is 2.05. The third kappa shape index (κ3) is 3.19. The van der Waals surface area contributed by atoms with Crippen molar-refractivity contribution in [2.24, 2.45) is 0 Å². The van der Waals surface area contributed by atoms with Crippen molar-refractivity contribution in [3.63, 3.8) is 0 Å². The number of halogens is 2. The Morgan fingerprint density at radius 3 is 2.84 bits per heavy atom. The largest absolute Gasteiger partial charge is 0.506 e. The van der Waals surface area contributed by atoms with Crippen LogP contribution in [-0.4, -0.2) is 5.11 Å².